The van der Waals surface area contributed by atoms with E-state index in [0.29, 0.717) is 5.56 Å². The summed E-state index contributed by atoms with van der Waals surface area (Å²) in [6.45, 7) is 3.82. The maximum atomic E-state index is 13.1. The van der Waals surface area contributed by atoms with Gasteiger partial charge in [-0.05, 0) is 50.3 Å². The number of halogens is 1. The third-order valence-electron chi connectivity index (χ3n) is 3.88. The third kappa shape index (κ3) is 3.18. The summed E-state index contributed by atoms with van der Waals surface area (Å²) in [5, 5.41) is 4.49. The summed E-state index contributed by atoms with van der Waals surface area (Å²) in [6.07, 6.45) is 3.34. The number of carbonyl (C=O) groups excluding carboxylic acids is 1. The van der Waals surface area contributed by atoms with Gasteiger partial charge in [-0.2, -0.15) is 5.10 Å². The first-order valence-electron chi connectivity index (χ1n) is 7.66. The highest BCUT2D eigenvalue weighted by Gasteiger charge is 2.11. The maximum Gasteiger partial charge on any atom is 0.185 e. The van der Waals surface area contributed by atoms with Gasteiger partial charge in [-0.25, -0.2) is 9.07 Å². The molecule has 0 aliphatic heterocycles. The third-order valence-corrected chi connectivity index (χ3v) is 3.88. The fourth-order valence-electron chi connectivity index (χ4n) is 2.59. The molecule has 0 radical (unpaired) electrons. The fourth-order valence-corrected chi connectivity index (χ4v) is 2.59. The Morgan fingerprint density at radius 2 is 1.71 bits per heavy atom. The molecule has 4 heteroatoms. The van der Waals surface area contributed by atoms with Crippen LogP contribution in [-0.4, -0.2) is 15.6 Å². The summed E-state index contributed by atoms with van der Waals surface area (Å²) in [7, 11) is 0. The van der Waals surface area contributed by atoms with Crippen molar-refractivity contribution < 1.29 is 9.18 Å². The molecule has 1 heterocycles. The van der Waals surface area contributed by atoms with Crippen LogP contribution >= 0.6 is 0 Å². The van der Waals surface area contributed by atoms with Gasteiger partial charge in [0.25, 0.3) is 0 Å². The molecule has 0 fully saturated rings. The van der Waals surface area contributed by atoms with E-state index in [1.807, 2.05) is 32.0 Å². The van der Waals surface area contributed by atoms with Crippen LogP contribution < -0.4 is 0 Å². The monoisotopic (exact) mass is 320 g/mol. The lowest BCUT2D eigenvalue weighted by molar-refractivity contribution is 0.104. The summed E-state index contributed by atoms with van der Waals surface area (Å²) in [4.78, 5) is 12.2. The highest BCUT2D eigenvalue weighted by atomic mass is 19.1. The zero-order valence-electron chi connectivity index (χ0n) is 13.5. The van der Waals surface area contributed by atoms with Crippen molar-refractivity contribution >= 4 is 11.9 Å². The van der Waals surface area contributed by atoms with Crippen LogP contribution in [0.15, 0.2) is 60.7 Å². The molecule has 0 unspecified atom stereocenters. The highest BCUT2D eigenvalue weighted by Crippen LogP contribution is 2.20. The molecule has 0 aliphatic carbocycles. The Hall–Kier alpha value is -3.01. The number of aryl methyl sites for hydroxylation is 1. The second-order valence-corrected chi connectivity index (χ2v) is 5.54. The first-order chi connectivity index (χ1) is 11.6. The molecular weight excluding hydrogens is 303 g/mol. The molecular formula is C20H17FN2O. The molecule has 120 valence electrons. The van der Waals surface area contributed by atoms with E-state index in [2.05, 4.69) is 5.10 Å². The molecule has 0 bridgehead atoms. The normalized spacial score (nSPS) is 11.1. The van der Waals surface area contributed by atoms with E-state index >= 15 is 0 Å². The highest BCUT2D eigenvalue weighted by molar-refractivity contribution is 6.06. The van der Waals surface area contributed by atoms with E-state index in [4.69, 9.17) is 0 Å². The lowest BCUT2D eigenvalue weighted by atomic mass is 10.1. The van der Waals surface area contributed by atoms with Crippen molar-refractivity contribution in [2.24, 2.45) is 0 Å². The minimum atomic E-state index is -0.283. The van der Waals surface area contributed by atoms with E-state index in [1.54, 1.807) is 41.1 Å². The second-order valence-electron chi connectivity index (χ2n) is 5.54. The van der Waals surface area contributed by atoms with Crippen molar-refractivity contribution in [2.45, 2.75) is 13.8 Å². The van der Waals surface area contributed by atoms with Gasteiger partial charge in [0.05, 0.1) is 11.4 Å². The Balaban J connectivity index is 1.91. The van der Waals surface area contributed by atoms with E-state index in [0.717, 1.165) is 22.6 Å². The lowest BCUT2D eigenvalue weighted by Crippen LogP contribution is -1.99. The van der Waals surface area contributed by atoms with Gasteiger partial charge >= 0.3 is 0 Å². The summed E-state index contributed by atoms with van der Waals surface area (Å²) < 4.78 is 14.8. The molecule has 1 aromatic heterocycles. The second kappa shape index (κ2) is 6.62. The van der Waals surface area contributed by atoms with Crippen LogP contribution in [-0.2, 0) is 0 Å². The van der Waals surface area contributed by atoms with Crippen molar-refractivity contribution in [1.82, 2.24) is 9.78 Å². The largest absolute Gasteiger partial charge is 0.289 e. The number of aromatic nitrogens is 2. The fraction of sp³-hybridized carbons (Fsp3) is 0.100. The quantitative estimate of drug-likeness (QED) is 0.523. The average Bonchev–Trinajstić information content (AvgIpc) is 2.88. The topological polar surface area (TPSA) is 34.9 Å². The number of rotatable bonds is 4. The molecule has 0 aliphatic rings. The molecule has 3 nitrogen and oxygen atoms in total. The average molecular weight is 320 g/mol. The van der Waals surface area contributed by atoms with Crippen molar-refractivity contribution in [3.63, 3.8) is 0 Å². The predicted octanol–water partition coefficient (Wildman–Crippen LogP) is 4.52. The van der Waals surface area contributed by atoms with Crippen LogP contribution in [0.2, 0.25) is 0 Å². The number of nitrogens with zero attached hydrogens (tertiary/aromatic N) is 2. The first kappa shape index (κ1) is 15.9. The number of ketones is 1. The summed E-state index contributed by atoms with van der Waals surface area (Å²) in [6, 6.07) is 15.3. The minimum absolute atomic E-state index is 0.0519. The summed E-state index contributed by atoms with van der Waals surface area (Å²) in [5.41, 5.74) is 4.04. The zero-order valence-corrected chi connectivity index (χ0v) is 13.5. The van der Waals surface area contributed by atoms with E-state index in [1.165, 1.54) is 12.1 Å². The Morgan fingerprint density at radius 3 is 2.38 bits per heavy atom. The van der Waals surface area contributed by atoms with Gasteiger partial charge in [0, 0.05) is 16.8 Å². The van der Waals surface area contributed by atoms with Crippen LogP contribution in [0.3, 0.4) is 0 Å². The molecule has 0 N–H and O–H groups in total. The number of allylic oxidation sites excluding steroid dienone is 1. The van der Waals surface area contributed by atoms with Crippen molar-refractivity contribution in [3.05, 3.63) is 89.0 Å². The number of carbonyl (C=O) groups is 1. The van der Waals surface area contributed by atoms with E-state index < -0.39 is 0 Å². The Bertz CT molecular complexity index is 893. The standard InChI is InChI=1S/C20H17FN2O/c1-14-19(12-13-20(24)16-6-4-3-5-7-16)15(2)23(22-14)18-10-8-17(21)9-11-18/h3-13H,1-2H3/b13-12+. The number of benzene rings is 2. The Labute approximate surface area is 140 Å². The minimum Gasteiger partial charge on any atom is -0.289 e. The SMILES string of the molecule is Cc1nn(-c2ccc(F)cc2)c(C)c1/C=C/C(=O)c1ccccc1. The van der Waals surface area contributed by atoms with Gasteiger partial charge in [-0.15, -0.1) is 0 Å². The Morgan fingerprint density at radius 1 is 1.04 bits per heavy atom. The molecule has 3 aromatic rings. The molecule has 0 saturated heterocycles. The molecule has 2 aromatic carbocycles. The van der Waals surface area contributed by atoms with Crippen molar-refractivity contribution in [3.8, 4) is 5.69 Å². The summed E-state index contributed by atoms with van der Waals surface area (Å²) in [5.74, 6) is -0.335. The van der Waals surface area contributed by atoms with Crippen molar-refractivity contribution in [1.29, 1.82) is 0 Å². The van der Waals surface area contributed by atoms with Crippen LogP contribution in [0.5, 0.6) is 0 Å². The zero-order chi connectivity index (χ0) is 17.1. The van der Waals surface area contributed by atoms with Crippen LogP contribution in [0.25, 0.3) is 11.8 Å². The molecule has 0 atom stereocenters. The number of hydrogen-bond donors (Lipinski definition) is 0. The predicted molar refractivity (Wildman–Crippen MR) is 92.8 cm³/mol. The van der Waals surface area contributed by atoms with Crippen LogP contribution in [0, 0.1) is 19.7 Å². The van der Waals surface area contributed by atoms with Crippen LogP contribution in [0.4, 0.5) is 4.39 Å². The van der Waals surface area contributed by atoms with Gasteiger partial charge in [0.1, 0.15) is 5.82 Å². The van der Waals surface area contributed by atoms with Crippen molar-refractivity contribution in [2.75, 3.05) is 0 Å². The molecule has 0 saturated carbocycles. The van der Waals surface area contributed by atoms with Gasteiger partial charge in [-0.3, -0.25) is 4.79 Å². The maximum absolute atomic E-state index is 13.1. The summed E-state index contributed by atoms with van der Waals surface area (Å²) >= 11 is 0. The van der Waals surface area contributed by atoms with E-state index in [9.17, 15) is 9.18 Å². The van der Waals surface area contributed by atoms with Gasteiger partial charge in [-0.1, -0.05) is 30.3 Å². The van der Waals surface area contributed by atoms with Gasteiger partial charge in [0.15, 0.2) is 5.78 Å². The van der Waals surface area contributed by atoms with Gasteiger partial charge in [0.2, 0.25) is 0 Å². The molecule has 3 rings (SSSR count). The number of hydrogen-bond acceptors (Lipinski definition) is 2. The molecule has 24 heavy (non-hydrogen) atoms. The Kier molecular flexibility index (Phi) is 4.38. The van der Waals surface area contributed by atoms with E-state index in [-0.39, 0.29) is 11.6 Å². The molecule has 0 amide bonds. The molecule has 0 spiro atoms. The van der Waals surface area contributed by atoms with Crippen LogP contribution in [0.1, 0.15) is 27.3 Å². The first-order valence-corrected chi connectivity index (χ1v) is 7.66. The smallest absolute Gasteiger partial charge is 0.185 e. The lowest BCUT2D eigenvalue weighted by Gasteiger charge is -2.04. The van der Waals surface area contributed by atoms with Gasteiger partial charge < -0.3 is 0 Å².